The highest BCUT2D eigenvalue weighted by atomic mass is 16.5. The van der Waals surface area contributed by atoms with E-state index in [1.54, 1.807) is 44.4 Å². The fourth-order valence-electron chi connectivity index (χ4n) is 2.70. The maximum Gasteiger partial charge on any atom is 0.256 e. The van der Waals surface area contributed by atoms with Gasteiger partial charge < -0.3 is 15.0 Å². The zero-order valence-corrected chi connectivity index (χ0v) is 15.9. The molecular weight excluding hydrogens is 352 g/mol. The Hall–Kier alpha value is -3.60. The maximum atomic E-state index is 12.7. The normalized spacial score (nSPS) is 10.2. The van der Waals surface area contributed by atoms with Crippen LogP contribution in [0.25, 0.3) is 0 Å². The second-order valence-corrected chi connectivity index (χ2v) is 6.49. The lowest BCUT2D eigenvalue weighted by Crippen LogP contribution is -2.21. The van der Waals surface area contributed by atoms with Gasteiger partial charge in [-0.05, 0) is 42.5 Å². The largest absolute Gasteiger partial charge is 0.489 e. The molecule has 0 atom stereocenters. The molecule has 0 spiro atoms. The number of carbonyl (C=O) groups excluding carboxylic acids is 2. The summed E-state index contributed by atoms with van der Waals surface area (Å²) in [6.07, 6.45) is 0. The number of hydrogen-bond acceptors (Lipinski definition) is 3. The Labute approximate surface area is 164 Å². The van der Waals surface area contributed by atoms with Crippen molar-refractivity contribution < 1.29 is 14.3 Å². The minimum absolute atomic E-state index is 0.0821. The van der Waals surface area contributed by atoms with Crippen molar-refractivity contribution in [2.24, 2.45) is 0 Å². The number of hydrogen-bond donors (Lipinski definition) is 1. The summed E-state index contributed by atoms with van der Waals surface area (Å²) in [6.45, 7) is 0.296. The Kier molecular flexibility index (Phi) is 6.07. The van der Waals surface area contributed by atoms with E-state index in [0.717, 1.165) is 11.3 Å². The van der Waals surface area contributed by atoms with Crippen LogP contribution in [0, 0.1) is 0 Å². The molecule has 3 aromatic carbocycles. The van der Waals surface area contributed by atoms with E-state index >= 15 is 0 Å². The summed E-state index contributed by atoms with van der Waals surface area (Å²) in [4.78, 5) is 26.2. The first kappa shape index (κ1) is 19.2. The van der Waals surface area contributed by atoms with Crippen LogP contribution in [-0.4, -0.2) is 30.8 Å². The fraction of sp³-hybridized carbons (Fsp3) is 0.130. The van der Waals surface area contributed by atoms with Gasteiger partial charge in [0.15, 0.2) is 0 Å². The van der Waals surface area contributed by atoms with Gasteiger partial charge in [0.05, 0.1) is 0 Å². The zero-order chi connectivity index (χ0) is 19.9. The Balaban J connectivity index is 1.70. The summed E-state index contributed by atoms with van der Waals surface area (Å²) in [5.74, 6) is 0.444. The maximum absolute atomic E-state index is 12.7. The first-order valence-electron chi connectivity index (χ1n) is 8.93. The van der Waals surface area contributed by atoms with Gasteiger partial charge in [0, 0.05) is 36.5 Å². The van der Waals surface area contributed by atoms with Crippen molar-refractivity contribution >= 4 is 17.5 Å². The van der Waals surface area contributed by atoms with Crippen LogP contribution < -0.4 is 10.1 Å². The third kappa shape index (κ3) is 4.76. The molecule has 1 N–H and O–H groups in total. The number of carbonyl (C=O) groups is 2. The molecule has 0 unspecified atom stereocenters. The van der Waals surface area contributed by atoms with Crippen molar-refractivity contribution in [3.05, 3.63) is 95.6 Å². The Morgan fingerprint density at radius 1 is 0.857 bits per heavy atom. The van der Waals surface area contributed by atoms with Gasteiger partial charge in [0.25, 0.3) is 11.8 Å². The minimum atomic E-state index is -0.223. The van der Waals surface area contributed by atoms with Crippen LogP contribution in [0.5, 0.6) is 5.75 Å². The topological polar surface area (TPSA) is 58.6 Å². The molecule has 0 fully saturated rings. The number of para-hydroxylation sites is 1. The predicted molar refractivity (Wildman–Crippen MR) is 110 cm³/mol. The number of amides is 2. The van der Waals surface area contributed by atoms with E-state index in [2.05, 4.69) is 5.32 Å². The van der Waals surface area contributed by atoms with E-state index in [1.807, 2.05) is 48.5 Å². The van der Waals surface area contributed by atoms with Crippen molar-refractivity contribution in [1.29, 1.82) is 0 Å². The highest BCUT2D eigenvalue weighted by Gasteiger charge is 2.13. The van der Waals surface area contributed by atoms with Crippen molar-refractivity contribution in [3.63, 3.8) is 0 Å². The lowest BCUT2D eigenvalue weighted by molar-refractivity contribution is 0.0827. The van der Waals surface area contributed by atoms with E-state index in [1.165, 1.54) is 4.90 Å². The van der Waals surface area contributed by atoms with Crippen LogP contribution in [-0.2, 0) is 6.61 Å². The second-order valence-electron chi connectivity index (χ2n) is 6.49. The summed E-state index contributed by atoms with van der Waals surface area (Å²) in [5.41, 5.74) is 2.54. The van der Waals surface area contributed by atoms with Crippen LogP contribution in [0.3, 0.4) is 0 Å². The third-order valence-electron chi connectivity index (χ3n) is 4.20. The van der Waals surface area contributed by atoms with E-state index in [9.17, 15) is 9.59 Å². The first-order chi connectivity index (χ1) is 13.5. The van der Waals surface area contributed by atoms with Gasteiger partial charge in [0.1, 0.15) is 12.4 Å². The van der Waals surface area contributed by atoms with E-state index < -0.39 is 0 Å². The van der Waals surface area contributed by atoms with Crippen molar-refractivity contribution in [1.82, 2.24) is 4.90 Å². The molecule has 0 heterocycles. The van der Waals surface area contributed by atoms with Gasteiger partial charge in [-0.15, -0.1) is 0 Å². The Morgan fingerprint density at radius 2 is 1.50 bits per heavy atom. The molecule has 0 saturated heterocycles. The SMILES string of the molecule is CN(C)C(=O)c1ccc(NC(=O)c2ccccc2COc2ccccc2)cc1. The highest BCUT2D eigenvalue weighted by molar-refractivity contribution is 6.05. The van der Waals surface area contributed by atoms with Crippen molar-refractivity contribution in [3.8, 4) is 5.75 Å². The molecule has 0 radical (unpaired) electrons. The molecule has 0 aromatic heterocycles. The van der Waals surface area contributed by atoms with Gasteiger partial charge in [-0.1, -0.05) is 36.4 Å². The Morgan fingerprint density at radius 3 is 2.18 bits per heavy atom. The number of nitrogens with zero attached hydrogens (tertiary/aromatic N) is 1. The smallest absolute Gasteiger partial charge is 0.256 e. The van der Waals surface area contributed by atoms with Crippen LogP contribution in [0.1, 0.15) is 26.3 Å². The minimum Gasteiger partial charge on any atom is -0.489 e. The van der Waals surface area contributed by atoms with Gasteiger partial charge in [-0.2, -0.15) is 0 Å². The molecule has 0 saturated carbocycles. The number of rotatable bonds is 6. The fourth-order valence-corrected chi connectivity index (χ4v) is 2.70. The van der Waals surface area contributed by atoms with Gasteiger partial charge in [-0.3, -0.25) is 9.59 Å². The summed E-state index contributed by atoms with van der Waals surface area (Å²) >= 11 is 0. The molecule has 3 rings (SSSR count). The average molecular weight is 374 g/mol. The number of nitrogens with one attached hydrogen (secondary N) is 1. The quantitative estimate of drug-likeness (QED) is 0.703. The second kappa shape index (κ2) is 8.86. The third-order valence-corrected chi connectivity index (χ3v) is 4.20. The lowest BCUT2D eigenvalue weighted by Gasteiger charge is -2.13. The summed E-state index contributed by atoms with van der Waals surface area (Å²) < 4.78 is 5.78. The molecule has 28 heavy (non-hydrogen) atoms. The molecule has 5 heteroatoms. The molecular formula is C23H22N2O3. The summed E-state index contributed by atoms with van der Waals surface area (Å²) in [6, 6.07) is 23.6. The Bertz CT molecular complexity index is 951. The van der Waals surface area contributed by atoms with Crippen LogP contribution in [0.15, 0.2) is 78.9 Å². The molecule has 0 aliphatic carbocycles. The standard InChI is InChI=1S/C23H22N2O3/c1-25(2)23(27)17-12-14-19(15-13-17)24-22(26)21-11-7-6-8-18(21)16-28-20-9-4-3-5-10-20/h3-15H,16H2,1-2H3,(H,24,26). The van der Waals surface area contributed by atoms with Crippen LogP contribution >= 0.6 is 0 Å². The first-order valence-corrected chi connectivity index (χ1v) is 8.93. The van der Waals surface area contributed by atoms with Gasteiger partial charge in [-0.25, -0.2) is 0 Å². The lowest BCUT2D eigenvalue weighted by atomic mass is 10.1. The molecule has 2 amide bonds. The van der Waals surface area contributed by atoms with Crippen LogP contribution in [0.4, 0.5) is 5.69 Å². The molecule has 0 bridgehead atoms. The van der Waals surface area contributed by atoms with Gasteiger partial charge >= 0.3 is 0 Å². The molecule has 0 aliphatic heterocycles. The summed E-state index contributed by atoms with van der Waals surface area (Å²) in [5, 5.41) is 2.87. The number of anilines is 1. The molecule has 142 valence electrons. The highest BCUT2D eigenvalue weighted by Crippen LogP contribution is 2.17. The van der Waals surface area contributed by atoms with Crippen molar-refractivity contribution in [2.45, 2.75) is 6.61 Å². The monoisotopic (exact) mass is 374 g/mol. The van der Waals surface area contributed by atoms with Gasteiger partial charge in [0.2, 0.25) is 0 Å². The number of ether oxygens (including phenoxy) is 1. The predicted octanol–water partition coefficient (Wildman–Crippen LogP) is 4.22. The van der Waals surface area contributed by atoms with Crippen molar-refractivity contribution in [2.75, 3.05) is 19.4 Å². The van der Waals surface area contributed by atoms with E-state index in [-0.39, 0.29) is 11.8 Å². The van der Waals surface area contributed by atoms with E-state index in [0.29, 0.717) is 23.4 Å². The molecule has 0 aliphatic rings. The average Bonchev–Trinajstić information content (AvgIpc) is 2.73. The number of benzene rings is 3. The molecule has 5 nitrogen and oxygen atoms in total. The van der Waals surface area contributed by atoms with Crippen LogP contribution in [0.2, 0.25) is 0 Å². The zero-order valence-electron chi connectivity index (χ0n) is 15.9. The van der Waals surface area contributed by atoms with E-state index in [4.69, 9.17) is 4.74 Å². The summed E-state index contributed by atoms with van der Waals surface area (Å²) in [7, 11) is 3.40. The molecule has 3 aromatic rings.